The van der Waals surface area contributed by atoms with E-state index in [0.29, 0.717) is 44.4 Å². The van der Waals surface area contributed by atoms with E-state index in [0.717, 1.165) is 62.4 Å². The van der Waals surface area contributed by atoms with Gasteiger partial charge >= 0.3 is 6.09 Å². The van der Waals surface area contributed by atoms with Gasteiger partial charge in [0.05, 0.1) is 28.4 Å². The van der Waals surface area contributed by atoms with E-state index in [2.05, 4.69) is 42.5 Å². The Hall–Kier alpha value is -10.7. The third-order valence-corrected chi connectivity index (χ3v) is 25.3. The van der Waals surface area contributed by atoms with Crippen molar-refractivity contribution >= 4 is 82.1 Å². The lowest BCUT2D eigenvalue weighted by Gasteiger charge is -2.54. The first-order chi connectivity index (χ1) is 58.9. The summed E-state index contributed by atoms with van der Waals surface area (Å²) in [6.45, 7) is 11.5. The van der Waals surface area contributed by atoms with Crippen LogP contribution in [0.2, 0.25) is 10.0 Å². The number of hydrogen-bond donors (Lipinski definition) is 15. The number of aliphatic hydroxyl groups is 4. The SMILES string of the molecule is CCNCCOc1ccc(C(=O)NC(=O)C[C@@H]2CC(=O)[C@H](NC(=O)[C@H](CC)CC(C)C)[C@H](O)c3ccc(c(Cl)c3)Oc3cc4cc(c3O[C@@H]3O[C@@H]5CNC(=O)O[C@H]5[C@H](O)[C@H]3O)Oc3ccc(cc3Cl)[C@@H](O)[C@@H]3NC(=O)[C@H](CC(=O)[C@@H]4NC2=O)c2ccc(O)c(c2)-c2c(O)cc(O)cc2[C@@H](C(=O)CC2C4CC5CC(C4)CC2C5)NC3=O)cc1OCCNCC. The molecule has 34 heteroatoms. The number of Topliss-reactive ketones (excluding diaryl/α,β-unsaturated/α-hetero) is 3. The average Bonchev–Trinajstić information content (AvgIpc) is 0.757. The van der Waals surface area contributed by atoms with Crippen molar-refractivity contribution in [1.29, 1.82) is 0 Å². The van der Waals surface area contributed by atoms with Gasteiger partial charge in [-0.05, 0) is 194 Å². The third kappa shape index (κ3) is 19.6. The summed E-state index contributed by atoms with van der Waals surface area (Å²) in [5.41, 5.74) is -1.70. The molecule has 7 amide bonds. The first kappa shape index (κ1) is 88.6. The molecule has 656 valence electrons. The van der Waals surface area contributed by atoms with E-state index in [4.69, 9.17) is 56.4 Å². The Morgan fingerprint density at radius 1 is 0.626 bits per heavy atom. The minimum Gasteiger partial charge on any atom is -0.508 e. The van der Waals surface area contributed by atoms with E-state index in [1.165, 1.54) is 66.7 Å². The fourth-order valence-electron chi connectivity index (χ4n) is 18.7. The molecule has 7 heterocycles. The van der Waals surface area contributed by atoms with E-state index < -0.39 is 197 Å². The number of aliphatic hydroxyl groups excluding tert-OH is 4. The molecule has 2 saturated heterocycles. The monoisotopic (exact) mass is 1740 g/mol. The standard InChI is InChI=1S/C89H102Cl2N8O24/c1-6-43(21-40(4)5)83(111)98-75-61(103)30-51(34-71(106)95-84(112)47-12-16-66(117-19-17-92-7-2)67(31-47)118-20-18-93-8-3)85(113)96-73-50-32-68(119-64-14-10-45(77(75)107)28-57(64)90)81(122-88-80(110)79(109)82-70(121-88)39-94-89(116)123-82)69(33-50)120-65-15-11-46(29-58(65)91)78(108)76-87(115)97-74(63(105)37-53-48-23-41-22-42(25-48)26-49(53)24-41)56-35-52(100)36-60(102)72(56)55-27-44(9-13-59(55)101)54(38-62(73)104)86(114)99-76/h9-16,27-29,31-33,35-36,40-43,48-49,51,53-54,70,73-80,82,88,92-93,100-102,107-110H,6-8,17-26,30,34,37-39H2,1-5H3,(H,94,116)(H,96,113)(H,97,115)(H,98,111)(H,99,114)(H,95,106,112)/t41?,42?,43-,48?,49?,51+,53?,54-,70-,73-,74+,75+,76+,77-,78-,79-,80-,82-,88+/m1/s1. The highest BCUT2D eigenvalue weighted by Crippen LogP contribution is 2.58. The predicted molar refractivity (Wildman–Crippen MR) is 442 cm³/mol. The van der Waals surface area contributed by atoms with Crippen LogP contribution >= 0.6 is 23.2 Å². The van der Waals surface area contributed by atoms with Gasteiger partial charge in [-0.1, -0.05) is 76.0 Å². The number of aromatic hydroxyl groups is 3. The maximum absolute atomic E-state index is 16.7. The Labute approximate surface area is 718 Å². The number of phenolic OH excluding ortho intramolecular Hbond substituents is 3. The third-order valence-electron chi connectivity index (χ3n) is 24.7. The fourth-order valence-corrected chi connectivity index (χ4v) is 19.1. The maximum Gasteiger partial charge on any atom is 0.407 e. The summed E-state index contributed by atoms with van der Waals surface area (Å²) >= 11 is 14.5. The molecule has 32 nitrogen and oxygen atoms in total. The van der Waals surface area contributed by atoms with Crippen LogP contribution < -0.4 is 66.2 Å². The second-order valence-electron chi connectivity index (χ2n) is 33.5. The number of ketones is 3. The summed E-state index contributed by atoms with van der Waals surface area (Å²) in [5, 5.41) is 106. The van der Waals surface area contributed by atoms with Crippen molar-refractivity contribution in [3.63, 3.8) is 0 Å². The normalized spacial score (nSPS) is 27.4. The Balaban J connectivity index is 0.937. The van der Waals surface area contributed by atoms with E-state index in [1.807, 2.05) is 27.7 Å². The van der Waals surface area contributed by atoms with Gasteiger partial charge < -0.3 is 106 Å². The van der Waals surface area contributed by atoms with E-state index >= 15 is 28.8 Å². The summed E-state index contributed by atoms with van der Waals surface area (Å²) in [4.78, 5) is 153. The molecule has 0 spiro atoms. The molecule has 11 aliphatic rings. The topological polar surface area (TPSA) is 473 Å². The number of amides is 7. The summed E-state index contributed by atoms with van der Waals surface area (Å²) in [6, 6.07) is 11.5. The smallest absolute Gasteiger partial charge is 0.407 e. The number of benzene rings is 6. The second kappa shape index (κ2) is 38.2. The van der Waals surface area contributed by atoms with Crippen molar-refractivity contribution in [3.8, 4) is 68.6 Å². The van der Waals surface area contributed by atoms with Gasteiger partial charge in [0, 0.05) is 67.4 Å². The number of rotatable bonds is 23. The average molecular weight is 1740 g/mol. The first-order valence-electron chi connectivity index (χ1n) is 41.9. The van der Waals surface area contributed by atoms with Crippen LogP contribution in [0.25, 0.3) is 11.1 Å². The van der Waals surface area contributed by atoms with E-state index in [-0.39, 0.29) is 134 Å². The van der Waals surface area contributed by atoms with Crippen molar-refractivity contribution in [2.75, 3.05) is 45.9 Å². The number of phenols is 3. The van der Waals surface area contributed by atoms with Crippen LogP contribution in [0.4, 0.5) is 4.79 Å². The molecule has 4 saturated carbocycles. The number of ether oxygens (including phenoxy) is 7. The highest BCUT2D eigenvalue weighted by Gasteiger charge is 2.53. The lowest BCUT2D eigenvalue weighted by atomic mass is 9.51. The van der Waals surface area contributed by atoms with Gasteiger partial charge in [0.25, 0.3) is 5.91 Å². The van der Waals surface area contributed by atoms with Gasteiger partial charge in [-0.15, -0.1) is 0 Å². The van der Waals surface area contributed by atoms with Gasteiger partial charge in [-0.3, -0.25) is 48.5 Å². The van der Waals surface area contributed by atoms with Crippen LogP contribution in [0.15, 0.2) is 97.1 Å². The molecule has 17 rings (SSSR count). The molecular weight excluding hydrogens is 1640 g/mol. The zero-order valence-corrected chi connectivity index (χ0v) is 69.9. The molecule has 15 bridgehead atoms. The number of carbonyl (C=O) groups excluding carboxylic acids is 10. The Bertz CT molecular complexity index is 5040. The molecule has 15 N–H and O–H groups in total. The van der Waals surface area contributed by atoms with Crippen molar-refractivity contribution in [1.82, 2.24) is 42.5 Å². The maximum atomic E-state index is 16.7. The number of fused-ring (bicyclic) bond motifs is 16. The zero-order valence-electron chi connectivity index (χ0n) is 68.3. The Morgan fingerprint density at radius 2 is 1.27 bits per heavy atom. The molecule has 14 atom stereocenters. The zero-order chi connectivity index (χ0) is 87.5. The van der Waals surface area contributed by atoms with E-state index in [9.17, 15) is 54.9 Å². The number of hydrogen-bond acceptors (Lipinski definition) is 26. The minimum absolute atomic E-state index is 0.0476. The molecular formula is C89H102Cl2N8O24. The molecule has 6 aromatic carbocycles. The van der Waals surface area contributed by atoms with Crippen molar-refractivity contribution in [3.05, 3.63) is 140 Å². The summed E-state index contributed by atoms with van der Waals surface area (Å²) in [6.07, 6.45) is -11.7. The molecule has 6 aromatic rings. The Kier molecular flexibility index (Phi) is 27.5. The molecule has 123 heavy (non-hydrogen) atoms. The van der Waals surface area contributed by atoms with E-state index in [1.54, 1.807) is 6.92 Å². The lowest BCUT2D eigenvalue weighted by molar-refractivity contribution is -0.275. The van der Waals surface area contributed by atoms with Crippen LogP contribution in [-0.2, 0) is 47.8 Å². The Morgan fingerprint density at radius 3 is 1.90 bits per heavy atom. The lowest BCUT2D eigenvalue weighted by Crippen LogP contribution is -2.65. The van der Waals surface area contributed by atoms with Crippen LogP contribution in [0.1, 0.15) is 174 Å². The molecule has 6 fully saturated rings. The molecule has 0 radical (unpaired) electrons. The van der Waals surface area contributed by atoms with Crippen molar-refractivity contribution in [2.24, 2.45) is 47.3 Å². The minimum atomic E-state index is -2.23. The van der Waals surface area contributed by atoms with Gasteiger partial charge in [-0.25, -0.2) is 4.79 Å². The van der Waals surface area contributed by atoms with Crippen LogP contribution in [0.3, 0.4) is 0 Å². The highest BCUT2D eigenvalue weighted by molar-refractivity contribution is 6.32. The number of carbonyl (C=O) groups is 10. The largest absolute Gasteiger partial charge is 0.508 e. The molecule has 0 unspecified atom stereocenters. The number of nitrogens with one attached hydrogen (secondary N) is 8. The summed E-state index contributed by atoms with van der Waals surface area (Å²) in [5.74, 6) is -16.5. The van der Waals surface area contributed by atoms with Crippen LogP contribution in [0, 0.1) is 47.3 Å². The molecule has 7 aliphatic heterocycles. The number of alkyl carbamates (subject to hydrolysis) is 1. The van der Waals surface area contributed by atoms with Gasteiger partial charge in [-0.2, -0.15) is 0 Å². The number of likely N-dealkylation sites (N-methyl/N-ethyl adjacent to an activating group) is 2. The number of halogens is 2. The summed E-state index contributed by atoms with van der Waals surface area (Å²) < 4.78 is 43.7. The predicted octanol–water partition coefficient (Wildman–Crippen LogP) is 8.43. The van der Waals surface area contributed by atoms with Crippen molar-refractivity contribution < 1.29 is 117 Å². The van der Waals surface area contributed by atoms with Gasteiger partial charge in [0.15, 0.2) is 46.5 Å². The second-order valence-corrected chi connectivity index (χ2v) is 34.3. The summed E-state index contributed by atoms with van der Waals surface area (Å²) in [7, 11) is 0. The molecule has 0 aromatic heterocycles. The first-order valence-corrected chi connectivity index (χ1v) is 42.6. The van der Waals surface area contributed by atoms with Crippen molar-refractivity contribution in [2.45, 2.75) is 178 Å². The van der Waals surface area contributed by atoms with Gasteiger partial charge in [0.1, 0.15) is 96.6 Å². The van der Waals surface area contributed by atoms with Crippen LogP contribution in [0.5, 0.6) is 57.5 Å². The van der Waals surface area contributed by atoms with Gasteiger partial charge in [0.2, 0.25) is 41.6 Å². The number of imide groups is 1. The highest BCUT2D eigenvalue weighted by atomic mass is 35.5. The van der Waals surface area contributed by atoms with Crippen LogP contribution in [-0.4, -0.2) is 183 Å². The fraction of sp³-hybridized carbons (Fsp3) is 0.483. The molecule has 4 aliphatic carbocycles. The quantitative estimate of drug-likeness (QED) is 0.0267.